The van der Waals surface area contributed by atoms with E-state index in [0.717, 1.165) is 24.1 Å². The van der Waals surface area contributed by atoms with Crippen molar-refractivity contribution >= 4 is 17.6 Å². The van der Waals surface area contributed by atoms with Crippen molar-refractivity contribution in [3.05, 3.63) is 34.9 Å². The van der Waals surface area contributed by atoms with Crippen molar-refractivity contribution < 1.29 is 4.74 Å². The molecule has 4 nitrogen and oxygen atoms in total. The standard InChI is InChI=1S/C15H24ClN3O/c1-15(2,12-5-7-13(16)8-6-12)11-19-14(17-3)18-9-10-20-4/h5-8H,9-11H2,1-4H3,(H2,17,18,19). The largest absolute Gasteiger partial charge is 0.383 e. The molecular formula is C15H24ClN3O. The second kappa shape index (κ2) is 8.12. The van der Waals surface area contributed by atoms with E-state index in [4.69, 9.17) is 16.3 Å². The summed E-state index contributed by atoms with van der Waals surface area (Å²) in [5.74, 6) is 0.782. The van der Waals surface area contributed by atoms with E-state index in [1.807, 2.05) is 12.1 Å². The lowest BCUT2D eigenvalue weighted by atomic mass is 9.85. The van der Waals surface area contributed by atoms with Crippen LogP contribution in [0.25, 0.3) is 0 Å². The van der Waals surface area contributed by atoms with Crippen LogP contribution < -0.4 is 10.6 Å². The first-order chi connectivity index (χ1) is 9.49. The number of nitrogens with zero attached hydrogens (tertiary/aromatic N) is 1. The molecule has 0 aliphatic rings. The van der Waals surface area contributed by atoms with Crippen LogP contribution in [0.4, 0.5) is 0 Å². The van der Waals surface area contributed by atoms with E-state index in [1.54, 1.807) is 14.2 Å². The molecule has 0 heterocycles. The topological polar surface area (TPSA) is 45.7 Å². The lowest BCUT2D eigenvalue weighted by Gasteiger charge is -2.26. The van der Waals surface area contributed by atoms with Gasteiger partial charge in [0.25, 0.3) is 0 Å². The zero-order valence-electron chi connectivity index (χ0n) is 12.7. The molecule has 0 bridgehead atoms. The number of benzene rings is 1. The number of rotatable bonds is 6. The average molecular weight is 298 g/mol. The molecule has 1 aromatic carbocycles. The molecule has 0 fully saturated rings. The summed E-state index contributed by atoms with van der Waals surface area (Å²) in [7, 11) is 3.44. The maximum Gasteiger partial charge on any atom is 0.191 e. The Bertz CT molecular complexity index is 429. The number of guanidine groups is 1. The summed E-state index contributed by atoms with van der Waals surface area (Å²) in [6.07, 6.45) is 0. The van der Waals surface area contributed by atoms with Crippen LogP contribution in [-0.2, 0) is 10.2 Å². The third-order valence-electron chi connectivity index (χ3n) is 3.15. The SMILES string of the molecule is CN=C(NCCOC)NCC(C)(C)c1ccc(Cl)cc1. The summed E-state index contributed by atoms with van der Waals surface area (Å²) in [5.41, 5.74) is 1.23. The molecule has 0 saturated carbocycles. The van der Waals surface area contributed by atoms with Crippen molar-refractivity contribution in [2.75, 3.05) is 33.9 Å². The van der Waals surface area contributed by atoms with Crippen LogP contribution in [0, 0.1) is 0 Å². The molecule has 0 atom stereocenters. The Kier molecular flexibility index (Phi) is 6.82. The number of methoxy groups -OCH3 is 1. The van der Waals surface area contributed by atoms with E-state index in [9.17, 15) is 0 Å². The third kappa shape index (κ3) is 5.39. The molecular weight excluding hydrogens is 274 g/mol. The Balaban J connectivity index is 2.55. The highest BCUT2D eigenvalue weighted by Gasteiger charge is 2.20. The molecule has 1 aromatic rings. The Morgan fingerprint density at radius 1 is 1.25 bits per heavy atom. The molecule has 20 heavy (non-hydrogen) atoms. The van der Waals surface area contributed by atoms with Gasteiger partial charge in [-0.3, -0.25) is 4.99 Å². The van der Waals surface area contributed by atoms with E-state index in [-0.39, 0.29) is 5.41 Å². The molecule has 0 unspecified atom stereocenters. The number of nitrogens with one attached hydrogen (secondary N) is 2. The number of hydrogen-bond donors (Lipinski definition) is 2. The first-order valence-corrected chi connectivity index (χ1v) is 7.07. The lowest BCUT2D eigenvalue weighted by Crippen LogP contribution is -2.44. The Hall–Kier alpha value is -1.26. The van der Waals surface area contributed by atoms with Crippen LogP contribution >= 0.6 is 11.6 Å². The van der Waals surface area contributed by atoms with Gasteiger partial charge in [0.1, 0.15) is 0 Å². The molecule has 1 rings (SSSR count). The molecule has 2 N–H and O–H groups in total. The van der Waals surface area contributed by atoms with Gasteiger partial charge in [0.2, 0.25) is 0 Å². The van der Waals surface area contributed by atoms with Crippen LogP contribution in [0.2, 0.25) is 5.02 Å². The van der Waals surface area contributed by atoms with Crippen molar-refractivity contribution in [1.29, 1.82) is 0 Å². The fourth-order valence-corrected chi connectivity index (χ4v) is 1.93. The highest BCUT2D eigenvalue weighted by atomic mass is 35.5. The van der Waals surface area contributed by atoms with Crippen molar-refractivity contribution in [3.8, 4) is 0 Å². The molecule has 5 heteroatoms. The second-order valence-electron chi connectivity index (χ2n) is 5.24. The van der Waals surface area contributed by atoms with E-state index < -0.39 is 0 Å². The van der Waals surface area contributed by atoms with Gasteiger partial charge in [-0.25, -0.2) is 0 Å². The van der Waals surface area contributed by atoms with Gasteiger partial charge in [0.15, 0.2) is 5.96 Å². The molecule has 0 aromatic heterocycles. The van der Waals surface area contributed by atoms with Crippen LogP contribution in [0.15, 0.2) is 29.3 Å². The maximum atomic E-state index is 5.93. The van der Waals surface area contributed by atoms with E-state index >= 15 is 0 Å². The molecule has 112 valence electrons. The average Bonchev–Trinajstić information content (AvgIpc) is 2.43. The summed E-state index contributed by atoms with van der Waals surface area (Å²) in [6, 6.07) is 7.96. The maximum absolute atomic E-state index is 5.93. The van der Waals surface area contributed by atoms with Gasteiger partial charge in [-0.2, -0.15) is 0 Å². The first kappa shape index (κ1) is 16.8. The molecule has 0 aliphatic carbocycles. The van der Waals surface area contributed by atoms with Crippen molar-refractivity contribution in [2.45, 2.75) is 19.3 Å². The highest BCUT2D eigenvalue weighted by molar-refractivity contribution is 6.30. The monoisotopic (exact) mass is 297 g/mol. The number of aliphatic imine (C=N–C) groups is 1. The molecule has 0 amide bonds. The summed E-state index contributed by atoms with van der Waals surface area (Å²) in [4.78, 5) is 4.19. The number of hydrogen-bond acceptors (Lipinski definition) is 2. The van der Waals surface area contributed by atoms with Crippen molar-refractivity contribution in [2.24, 2.45) is 4.99 Å². The lowest BCUT2D eigenvalue weighted by molar-refractivity contribution is 0.203. The van der Waals surface area contributed by atoms with E-state index in [0.29, 0.717) is 6.61 Å². The second-order valence-corrected chi connectivity index (χ2v) is 5.67. The first-order valence-electron chi connectivity index (χ1n) is 6.69. The Labute approximate surface area is 126 Å². The smallest absolute Gasteiger partial charge is 0.191 e. The van der Waals surface area contributed by atoms with Gasteiger partial charge >= 0.3 is 0 Å². The van der Waals surface area contributed by atoms with Crippen LogP contribution in [-0.4, -0.2) is 39.8 Å². The van der Waals surface area contributed by atoms with Crippen molar-refractivity contribution in [3.63, 3.8) is 0 Å². The third-order valence-corrected chi connectivity index (χ3v) is 3.40. The number of ether oxygens (including phenoxy) is 1. The normalized spacial score (nSPS) is 12.3. The van der Waals surface area contributed by atoms with Crippen molar-refractivity contribution in [1.82, 2.24) is 10.6 Å². The fraction of sp³-hybridized carbons (Fsp3) is 0.533. The van der Waals surface area contributed by atoms with Gasteiger partial charge < -0.3 is 15.4 Å². The highest BCUT2D eigenvalue weighted by Crippen LogP contribution is 2.23. The minimum atomic E-state index is -0.0105. The molecule has 0 aliphatic heterocycles. The van der Waals surface area contributed by atoms with Crippen LogP contribution in [0.3, 0.4) is 0 Å². The molecule has 0 spiro atoms. The van der Waals surface area contributed by atoms with Gasteiger partial charge in [0.05, 0.1) is 6.61 Å². The quantitative estimate of drug-likeness (QED) is 0.481. The minimum Gasteiger partial charge on any atom is -0.383 e. The summed E-state index contributed by atoms with van der Waals surface area (Å²) < 4.78 is 5.00. The number of halogens is 1. The summed E-state index contributed by atoms with van der Waals surface area (Å²) in [6.45, 7) is 6.54. The molecule has 0 radical (unpaired) electrons. The fourth-order valence-electron chi connectivity index (χ4n) is 1.80. The summed E-state index contributed by atoms with van der Waals surface area (Å²) in [5, 5.41) is 7.29. The van der Waals surface area contributed by atoms with Gasteiger partial charge in [-0.1, -0.05) is 37.6 Å². The van der Waals surface area contributed by atoms with Gasteiger partial charge in [0, 0.05) is 37.7 Å². The molecule has 0 saturated heterocycles. The Morgan fingerprint density at radius 3 is 2.45 bits per heavy atom. The predicted octanol–water partition coefficient (Wildman–Crippen LogP) is 2.43. The predicted molar refractivity (Wildman–Crippen MR) is 85.7 cm³/mol. The van der Waals surface area contributed by atoms with Crippen LogP contribution in [0.1, 0.15) is 19.4 Å². The van der Waals surface area contributed by atoms with Gasteiger partial charge in [-0.05, 0) is 17.7 Å². The minimum absolute atomic E-state index is 0.0105. The van der Waals surface area contributed by atoms with E-state index in [2.05, 4.69) is 41.6 Å². The zero-order valence-corrected chi connectivity index (χ0v) is 13.4. The summed E-state index contributed by atoms with van der Waals surface area (Å²) >= 11 is 5.93. The van der Waals surface area contributed by atoms with E-state index in [1.165, 1.54) is 5.56 Å². The van der Waals surface area contributed by atoms with Crippen LogP contribution in [0.5, 0.6) is 0 Å². The van der Waals surface area contributed by atoms with Gasteiger partial charge in [-0.15, -0.1) is 0 Å². The zero-order chi connectivity index (χ0) is 15.0. The Morgan fingerprint density at radius 2 is 1.90 bits per heavy atom.